The molecule has 6 heteroatoms. The number of benzene rings is 2. The molecule has 1 heterocycles. The van der Waals surface area contributed by atoms with E-state index in [0.29, 0.717) is 35.5 Å². The molecular formula is C24H28N2O4. The molecule has 0 fully saturated rings. The first-order chi connectivity index (χ1) is 14.3. The fourth-order valence-corrected chi connectivity index (χ4v) is 3.73. The van der Waals surface area contributed by atoms with Crippen LogP contribution in [0.4, 0.5) is 16.2 Å². The predicted octanol–water partition coefficient (Wildman–Crippen LogP) is 4.91. The van der Waals surface area contributed by atoms with E-state index >= 15 is 0 Å². The quantitative estimate of drug-likeness (QED) is 0.675. The van der Waals surface area contributed by atoms with Crippen molar-refractivity contribution in [2.45, 2.75) is 47.1 Å². The molecule has 0 saturated heterocycles. The standard InChI is InChI=1S/C24H28N2O4/c1-6-20-14-25(23(28)19-10-8-18(9-11-19)17(5)27)21-12-15(3)16(4)13-22(21)26(20)24(29)30-7-2/h8-13,20H,6-7,14H2,1-5H3. The minimum absolute atomic E-state index is 0.0421. The molecule has 2 aromatic rings. The van der Waals surface area contributed by atoms with Crippen LogP contribution in [-0.4, -0.2) is 37.0 Å². The number of rotatable bonds is 4. The molecule has 3 rings (SSSR count). The molecular weight excluding hydrogens is 380 g/mol. The Labute approximate surface area is 177 Å². The first-order valence-electron chi connectivity index (χ1n) is 10.3. The summed E-state index contributed by atoms with van der Waals surface area (Å²) in [4.78, 5) is 41.1. The summed E-state index contributed by atoms with van der Waals surface area (Å²) < 4.78 is 5.31. The smallest absolute Gasteiger partial charge is 0.414 e. The first-order valence-corrected chi connectivity index (χ1v) is 10.3. The molecule has 6 nitrogen and oxygen atoms in total. The van der Waals surface area contributed by atoms with Crippen molar-refractivity contribution in [1.29, 1.82) is 0 Å². The maximum atomic E-state index is 13.4. The molecule has 0 N–H and O–H groups in total. The third-order valence-electron chi connectivity index (χ3n) is 5.62. The zero-order chi connectivity index (χ0) is 22.0. The Bertz CT molecular complexity index is 981. The maximum absolute atomic E-state index is 13.4. The number of hydrogen-bond acceptors (Lipinski definition) is 4. The van der Waals surface area contributed by atoms with Gasteiger partial charge >= 0.3 is 6.09 Å². The van der Waals surface area contributed by atoms with Crippen molar-refractivity contribution in [2.75, 3.05) is 23.0 Å². The van der Waals surface area contributed by atoms with Gasteiger partial charge in [0, 0.05) is 17.7 Å². The van der Waals surface area contributed by atoms with Gasteiger partial charge in [0.15, 0.2) is 5.78 Å². The highest BCUT2D eigenvalue weighted by atomic mass is 16.6. The van der Waals surface area contributed by atoms with Gasteiger partial charge in [-0.1, -0.05) is 19.1 Å². The van der Waals surface area contributed by atoms with Gasteiger partial charge in [-0.2, -0.15) is 0 Å². The number of amides is 2. The van der Waals surface area contributed by atoms with Crippen LogP contribution < -0.4 is 9.80 Å². The third-order valence-corrected chi connectivity index (χ3v) is 5.62. The summed E-state index contributed by atoms with van der Waals surface area (Å²) in [6, 6.07) is 10.4. The van der Waals surface area contributed by atoms with Crippen molar-refractivity contribution in [2.24, 2.45) is 0 Å². The summed E-state index contributed by atoms with van der Waals surface area (Å²) >= 11 is 0. The topological polar surface area (TPSA) is 66.9 Å². The van der Waals surface area contributed by atoms with Crippen LogP contribution >= 0.6 is 0 Å². The fraction of sp³-hybridized carbons (Fsp3) is 0.375. The molecule has 1 atom stereocenters. The van der Waals surface area contributed by atoms with Gasteiger partial charge < -0.3 is 9.64 Å². The van der Waals surface area contributed by atoms with Crippen molar-refractivity contribution in [1.82, 2.24) is 0 Å². The summed E-state index contributed by atoms with van der Waals surface area (Å²) in [5.41, 5.74) is 4.52. The molecule has 2 amide bonds. The number of ketones is 1. The molecule has 0 saturated carbocycles. The molecule has 1 aliphatic rings. The Morgan fingerprint density at radius 2 is 1.53 bits per heavy atom. The van der Waals surface area contributed by atoms with Crippen molar-refractivity contribution in [3.8, 4) is 0 Å². The highest BCUT2D eigenvalue weighted by Crippen LogP contribution is 2.39. The van der Waals surface area contributed by atoms with Gasteiger partial charge in [-0.3, -0.25) is 14.5 Å². The van der Waals surface area contributed by atoms with Gasteiger partial charge in [0.1, 0.15) is 0 Å². The molecule has 158 valence electrons. The van der Waals surface area contributed by atoms with Gasteiger partial charge in [0.05, 0.1) is 24.0 Å². The van der Waals surface area contributed by atoms with Crippen LogP contribution in [0.25, 0.3) is 0 Å². The van der Waals surface area contributed by atoms with Crippen molar-refractivity contribution in [3.05, 3.63) is 58.7 Å². The van der Waals surface area contributed by atoms with Crippen LogP contribution in [0.3, 0.4) is 0 Å². The number of ether oxygens (including phenoxy) is 1. The van der Waals surface area contributed by atoms with Crippen LogP contribution in [0.2, 0.25) is 0 Å². The zero-order valence-electron chi connectivity index (χ0n) is 18.2. The molecule has 0 aliphatic carbocycles. The highest BCUT2D eigenvalue weighted by Gasteiger charge is 2.37. The number of fused-ring (bicyclic) bond motifs is 1. The normalized spacial score (nSPS) is 15.6. The highest BCUT2D eigenvalue weighted by molar-refractivity contribution is 6.10. The number of carbonyl (C=O) groups is 3. The van der Waals surface area contributed by atoms with E-state index in [-0.39, 0.29) is 24.3 Å². The number of hydrogen-bond donors (Lipinski definition) is 0. The minimum Gasteiger partial charge on any atom is -0.449 e. The monoisotopic (exact) mass is 408 g/mol. The van der Waals surface area contributed by atoms with E-state index in [1.165, 1.54) is 6.92 Å². The largest absolute Gasteiger partial charge is 0.449 e. The lowest BCUT2D eigenvalue weighted by Crippen LogP contribution is -2.53. The van der Waals surface area contributed by atoms with Crippen molar-refractivity contribution < 1.29 is 19.1 Å². The number of nitrogens with zero attached hydrogens (tertiary/aromatic N) is 2. The summed E-state index contributed by atoms with van der Waals surface area (Å²) in [6.07, 6.45) is 0.282. The van der Waals surface area contributed by atoms with Crippen LogP contribution in [0.15, 0.2) is 36.4 Å². The number of Topliss-reactive ketones (excluding diaryl/α,β-unsaturated/α-hetero) is 1. The first kappa shape index (κ1) is 21.6. The fourth-order valence-electron chi connectivity index (χ4n) is 3.73. The van der Waals surface area contributed by atoms with E-state index < -0.39 is 6.09 Å². The lowest BCUT2D eigenvalue weighted by atomic mass is 9.99. The van der Waals surface area contributed by atoms with E-state index in [2.05, 4.69) is 0 Å². The van der Waals surface area contributed by atoms with Crippen LogP contribution in [0.1, 0.15) is 59.0 Å². The average Bonchev–Trinajstić information content (AvgIpc) is 2.73. The summed E-state index contributed by atoms with van der Waals surface area (Å²) in [5, 5.41) is 0. The number of aryl methyl sites for hydroxylation is 2. The van der Waals surface area contributed by atoms with Gasteiger partial charge in [-0.05, 0) is 69.5 Å². The maximum Gasteiger partial charge on any atom is 0.414 e. The third kappa shape index (κ3) is 3.95. The van der Waals surface area contributed by atoms with Gasteiger partial charge in [0.25, 0.3) is 5.91 Å². The molecule has 0 bridgehead atoms. The lowest BCUT2D eigenvalue weighted by molar-refractivity contribution is 0.0978. The van der Waals surface area contributed by atoms with Crippen LogP contribution in [-0.2, 0) is 4.74 Å². The Hall–Kier alpha value is -3.15. The molecule has 2 aromatic carbocycles. The van der Waals surface area contributed by atoms with E-state index in [0.717, 1.165) is 11.1 Å². The molecule has 1 unspecified atom stereocenters. The van der Waals surface area contributed by atoms with Crippen LogP contribution in [0, 0.1) is 13.8 Å². The molecule has 1 aliphatic heterocycles. The second-order valence-electron chi connectivity index (χ2n) is 7.61. The predicted molar refractivity (Wildman–Crippen MR) is 118 cm³/mol. The van der Waals surface area contributed by atoms with Crippen LogP contribution in [0.5, 0.6) is 0 Å². The number of carbonyl (C=O) groups excluding carboxylic acids is 3. The zero-order valence-corrected chi connectivity index (χ0v) is 18.2. The molecule has 30 heavy (non-hydrogen) atoms. The summed E-state index contributed by atoms with van der Waals surface area (Å²) in [7, 11) is 0. The Morgan fingerprint density at radius 1 is 0.967 bits per heavy atom. The van der Waals surface area contributed by atoms with Crippen molar-refractivity contribution in [3.63, 3.8) is 0 Å². The Kier molecular flexibility index (Phi) is 6.25. The van der Waals surface area contributed by atoms with E-state index in [9.17, 15) is 14.4 Å². The molecule has 0 radical (unpaired) electrons. The Balaban J connectivity index is 2.08. The summed E-state index contributed by atoms with van der Waals surface area (Å²) in [5.74, 6) is -0.198. The van der Waals surface area contributed by atoms with E-state index in [1.54, 1.807) is 41.0 Å². The number of anilines is 2. The average molecular weight is 408 g/mol. The van der Waals surface area contributed by atoms with Crippen molar-refractivity contribution >= 4 is 29.2 Å². The summed E-state index contributed by atoms with van der Waals surface area (Å²) in [6.45, 7) is 9.91. The van der Waals surface area contributed by atoms with Gasteiger partial charge in [0.2, 0.25) is 0 Å². The lowest BCUT2D eigenvalue weighted by Gasteiger charge is -2.42. The SMILES string of the molecule is CCOC(=O)N1c2cc(C)c(C)cc2N(C(=O)c2ccc(C(C)=O)cc2)CC1CC. The molecule has 0 aromatic heterocycles. The molecule has 0 spiro atoms. The second kappa shape index (κ2) is 8.69. The Morgan fingerprint density at radius 3 is 2.07 bits per heavy atom. The van der Waals surface area contributed by atoms with Gasteiger partial charge in [-0.25, -0.2) is 4.79 Å². The van der Waals surface area contributed by atoms with E-state index in [4.69, 9.17) is 4.74 Å². The minimum atomic E-state index is -0.397. The van der Waals surface area contributed by atoms with Gasteiger partial charge in [-0.15, -0.1) is 0 Å². The second-order valence-corrected chi connectivity index (χ2v) is 7.61. The van der Waals surface area contributed by atoms with E-state index in [1.807, 2.05) is 32.9 Å².